The number of rotatable bonds is 3. The second-order valence-corrected chi connectivity index (χ2v) is 9.86. The summed E-state index contributed by atoms with van der Waals surface area (Å²) in [6.45, 7) is 10.9. The molecule has 1 aromatic heterocycles. The van der Waals surface area contributed by atoms with E-state index >= 15 is 0 Å². The van der Waals surface area contributed by atoms with Crippen molar-refractivity contribution in [1.29, 1.82) is 0 Å². The number of carboxylic acids is 1. The summed E-state index contributed by atoms with van der Waals surface area (Å²) in [6.07, 6.45) is 2.12. The molecule has 0 fully saturated rings. The number of thiophene rings is 1. The first-order chi connectivity index (χ1) is 14.0. The third-order valence-electron chi connectivity index (χ3n) is 5.77. The molecule has 1 aliphatic carbocycles. The molecule has 0 radical (unpaired) electrons. The van der Waals surface area contributed by atoms with Crippen LogP contribution in [0.5, 0.6) is 0 Å². The average molecular weight is 425 g/mol. The molecule has 0 saturated carbocycles. The van der Waals surface area contributed by atoms with Crippen LogP contribution in [0.4, 0.5) is 4.79 Å². The van der Waals surface area contributed by atoms with E-state index in [1.165, 1.54) is 22.6 Å². The van der Waals surface area contributed by atoms with E-state index < -0.39 is 12.0 Å². The smallest absolute Gasteiger partial charge is 0.335 e. The summed E-state index contributed by atoms with van der Waals surface area (Å²) in [5.41, 5.74) is 12.1. The van der Waals surface area contributed by atoms with E-state index in [1.54, 1.807) is 23.5 Å². The molecule has 1 aliphatic rings. The predicted octanol–water partition coefficient (Wildman–Crippen LogP) is 6.37. The van der Waals surface area contributed by atoms with Gasteiger partial charge >= 0.3 is 12.0 Å². The Morgan fingerprint density at radius 2 is 1.63 bits per heavy atom. The highest BCUT2D eigenvalue weighted by Gasteiger charge is 2.41. The predicted molar refractivity (Wildman–Crippen MR) is 118 cm³/mol. The number of aliphatic imine (C=N–C) groups is 1. The van der Waals surface area contributed by atoms with Crippen molar-refractivity contribution in [3.8, 4) is 0 Å². The summed E-state index contributed by atoms with van der Waals surface area (Å²) in [6, 6.07) is 5.27. The number of fused-ring (bicyclic) bond motifs is 1. The first-order valence-corrected chi connectivity index (χ1v) is 10.5. The number of hydrogen-bond donors (Lipinski definition) is 1. The molecule has 8 heteroatoms. The van der Waals surface area contributed by atoms with Crippen LogP contribution < -0.4 is 0 Å². The molecule has 0 atom stereocenters. The third kappa shape index (κ3) is 3.88. The Labute approximate surface area is 179 Å². The standard InChI is InChI=1S/C22H24N4O3S/c1-12-15-18(22(4,5)11-10-21(15,2)3)30-17(12)16(24-20(29)25-26-23)13-6-8-14(9-7-13)19(27)28/h6-9H,10-11H2,1-5H3,(H,27,28)/b24-16+. The first-order valence-electron chi connectivity index (χ1n) is 9.64. The van der Waals surface area contributed by atoms with E-state index in [-0.39, 0.29) is 16.4 Å². The molecule has 156 valence electrons. The SMILES string of the molecule is Cc1c(/C(=N/C(=O)N=[N+]=[N-])c2ccc(C(=O)O)cc2)sc2c1C(C)(C)CCC2(C)C. The van der Waals surface area contributed by atoms with Gasteiger partial charge in [0, 0.05) is 20.5 Å². The van der Waals surface area contributed by atoms with Crippen LogP contribution in [-0.4, -0.2) is 22.8 Å². The van der Waals surface area contributed by atoms with Gasteiger partial charge in [-0.2, -0.15) is 0 Å². The van der Waals surface area contributed by atoms with E-state index in [2.05, 4.69) is 42.7 Å². The maximum Gasteiger partial charge on any atom is 0.335 e. The average Bonchev–Trinajstić information content (AvgIpc) is 3.03. The monoisotopic (exact) mass is 424 g/mol. The largest absolute Gasteiger partial charge is 0.478 e. The highest BCUT2D eigenvalue weighted by molar-refractivity contribution is 7.15. The van der Waals surface area contributed by atoms with Gasteiger partial charge in [-0.3, -0.25) is 4.79 Å². The minimum atomic E-state index is -1.03. The topological polar surface area (TPSA) is 115 Å². The zero-order valence-electron chi connectivity index (χ0n) is 17.7. The van der Waals surface area contributed by atoms with Crippen LogP contribution in [0.25, 0.3) is 10.4 Å². The van der Waals surface area contributed by atoms with Gasteiger partial charge in [0.15, 0.2) is 0 Å². The highest BCUT2D eigenvalue weighted by atomic mass is 32.1. The number of hydrogen-bond acceptors (Lipinski definition) is 3. The molecule has 3 rings (SSSR count). The van der Waals surface area contributed by atoms with Gasteiger partial charge < -0.3 is 5.11 Å². The molecular formula is C22H24N4O3S. The first kappa shape index (κ1) is 21.7. The molecule has 0 aliphatic heterocycles. The lowest BCUT2D eigenvalue weighted by atomic mass is 9.66. The van der Waals surface area contributed by atoms with Crippen molar-refractivity contribution in [3.05, 3.63) is 66.7 Å². The lowest BCUT2D eigenvalue weighted by Gasteiger charge is -2.39. The molecule has 2 aromatic rings. The lowest BCUT2D eigenvalue weighted by Crippen LogP contribution is -2.32. The second-order valence-electron chi connectivity index (χ2n) is 8.84. The minimum Gasteiger partial charge on any atom is -0.478 e. The molecule has 0 saturated heterocycles. The summed E-state index contributed by atoms with van der Waals surface area (Å²) in [5.74, 6) is -1.03. The number of carboxylic acid groups (broad SMARTS) is 1. The van der Waals surface area contributed by atoms with Gasteiger partial charge in [0.2, 0.25) is 0 Å². The van der Waals surface area contributed by atoms with Crippen molar-refractivity contribution < 1.29 is 14.7 Å². The zero-order chi connectivity index (χ0) is 22.3. The maximum atomic E-state index is 12.1. The Kier molecular flexibility index (Phi) is 5.58. The molecular weight excluding hydrogens is 400 g/mol. The van der Waals surface area contributed by atoms with Crippen molar-refractivity contribution >= 4 is 29.0 Å². The number of carbonyl (C=O) groups is 2. The zero-order valence-corrected chi connectivity index (χ0v) is 18.5. The Hall–Kier alpha value is -2.96. The summed E-state index contributed by atoms with van der Waals surface area (Å²) in [5, 5.41) is 12.3. The van der Waals surface area contributed by atoms with Crippen molar-refractivity contribution in [1.82, 2.24) is 0 Å². The third-order valence-corrected chi connectivity index (χ3v) is 7.44. The van der Waals surface area contributed by atoms with E-state index in [4.69, 9.17) is 5.53 Å². The number of urea groups is 1. The summed E-state index contributed by atoms with van der Waals surface area (Å²) in [4.78, 5) is 32.1. The van der Waals surface area contributed by atoms with Crippen LogP contribution >= 0.6 is 11.3 Å². The fourth-order valence-corrected chi connectivity index (χ4v) is 5.70. The van der Waals surface area contributed by atoms with Gasteiger partial charge in [-0.25, -0.2) is 9.79 Å². The number of carbonyl (C=O) groups excluding carboxylic acids is 1. The number of azide groups is 1. The summed E-state index contributed by atoms with van der Waals surface area (Å²) in [7, 11) is 0. The summed E-state index contributed by atoms with van der Waals surface area (Å²) < 4.78 is 0. The maximum absolute atomic E-state index is 12.1. The highest BCUT2D eigenvalue weighted by Crippen LogP contribution is 2.51. The van der Waals surface area contributed by atoms with Crippen LogP contribution in [0.1, 0.15) is 77.3 Å². The van der Waals surface area contributed by atoms with E-state index in [0.717, 1.165) is 23.3 Å². The van der Waals surface area contributed by atoms with Crippen molar-refractivity contribution in [2.75, 3.05) is 0 Å². The van der Waals surface area contributed by atoms with Gasteiger partial charge in [0.05, 0.1) is 16.2 Å². The molecule has 0 spiro atoms. The Morgan fingerprint density at radius 1 is 1.07 bits per heavy atom. The summed E-state index contributed by atoms with van der Waals surface area (Å²) >= 11 is 1.61. The van der Waals surface area contributed by atoms with E-state index in [9.17, 15) is 14.7 Å². The van der Waals surface area contributed by atoms with Crippen LogP contribution in [0, 0.1) is 6.92 Å². The lowest BCUT2D eigenvalue weighted by molar-refractivity contribution is 0.0697. The Balaban J connectivity index is 2.26. The molecule has 1 N–H and O–H groups in total. The van der Waals surface area contributed by atoms with Crippen LogP contribution in [0.3, 0.4) is 0 Å². The van der Waals surface area contributed by atoms with Gasteiger partial charge in [-0.05, 0) is 59.4 Å². The Morgan fingerprint density at radius 3 is 2.17 bits per heavy atom. The van der Waals surface area contributed by atoms with Crippen LogP contribution in [0.2, 0.25) is 0 Å². The molecule has 30 heavy (non-hydrogen) atoms. The number of nitrogens with zero attached hydrogens (tertiary/aromatic N) is 4. The second kappa shape index (κ2) is 7.70. The normalized spacial score (nSPS) is 17.0. The molecule has 1 aromatic carbocycles. The quantitative estimate of drug-likeness (QED) is 0.267. The fraction of sp³-hybridized carbons (Fsp3) is 0.409. The molecule has 0 unspecified atom stereocenters. The minimum absolute atomic E-state index is 0.00320. The molecule has 1 heterocycles. The van der Waals surface area contributed by atoms with Crippen molar-refractivity contribution in [3.63, 3.8) is 0 Å². The number of benzene rings is 1. The van der Waals surface area contributed by atoms with Gasteiger partial charge in [-0.1, -0.05) is 39.8 Å². The van der Waals surface area contributed by atoms with Crippen LogP contribution in [-0.2, 0) is 10.8 Å². The van der Waals surface area contributed by atoms with Gasteiger partial charge in [-0.15, -0.1) is 11.3 Å². The fourth-order valence-electron chi connectivity index (χ4n) is 4.07. The number of amides is 2. The van der Waals surface area contributed by atoms with Gasteiger partial charge in [0.1, 0.15) is 0 Å². The van der Waals surface area contributed by atoms with Crippen molar-refractivity contribution in [2.24, 2.45) is 10.1 Å². The van der Waals surface area contributed by atoms with Gasteiger partial charge in [0.25, 0.3) is 0 Å². The van der Waals surface area contributed by atoms with E-state index in [0.29, 0.717) is 11.3 Å². The molecule has 2 amide bonds. The van der Waals surface area contributed by atoms with E-state index in [1.807, 2.05) is 6.92 Å². The van der Waals surface area contributed by atoms with Crippen molar-refractivity contribution in [2.45, 2.75) is 58.3 Å². The Bertz CT molecular complexity index is 1100. The number of aromatic carboxylic acids is 1. The molecule has 0 bridgehead atoms. The van der Waals surface area contributed by atoms with Crippen LogP contribution in [0.15, 0.2) is 34.4 Å². The molecule has 7 nitrogen and oxygen atoms in total.